The molecule has 0 unspecified atom stereocenters. The second-order valence-electron chi connectivity index (χ2n) is 7.83. The fraction of sp³-hybridized carbons (Fsp3) is 0.458. The van der Waals surface area contributed by atoms with Crippen molar-refractivity contribution in [3.05, 3.63) is 58.9 Å². The Hall–Kier alpha value is -1.85. The van der Waals surface area contributed by atoms with Crippen LogP contribution in [0, 0.1) is 0 Å². The topological polar surface area (TPSA) is 34.5 Å². The highest BCUT2D eigenvalue weighted by molar-refractivity contribution is 9.10. The number of aryl methyl sites for hydroxylation is 1. The van der Waals surface area contributed by atoms with Gasteiger partial charge in [0.1, 0.15) is 6.10 Å². The lowest BCUT2D eigenvalue weighted by atomic mass is 10.1. The van der Waals surface area contributed by atoms with Gasteiger partial charge in [-0.15, -0.1) is 0 Å². The monoisotopic (exact) mass is 458 g/mol. The summed E-state index contributed by atoms with van der Waals surface area (Å²) in [5.41, 5.74) is 1.95. The van der Waals surface area contributed by atoms with Crippen LogP contribution >= 0.6 is 15.9 Å². The lowest BCUT2D eigenvalue weighted by molar-refractivity contribution is 0.0506. The van der Waals surface area contributed by atoms with Gasteiger partial charge in [-0.05, 0) is 64.3 Å². The molecule has 0 radical (unpaired) electrons. The quantitative estimate of drug-likeness (QED) is 0.201. The number of ether oxygens (including phenoxy) is 1. The number of piperidine rings is 1. The van der Waals surface area contributed by atoms with E-state index in [9.17, 15) is 4.79 Å². The number of benzene rings is 1. The van der Waals surface area contributed by atoms with E-state index in [0.717, 1.165) is 78.6 Å². The first-order valence-corrected chi connectivity index (χ1v) is 11.2. The Balaban J connectivity index is 1.47. The molecule has 0 N–H and O–H groups in total. The van der Waals surface area contributed by atoms with Gasteiger partial charge in [0, 0.05) is 46.8 Å². The summed E-state index contributed by atoms with van der Waals surface area (Å²) >= 11 is 3.55. The maximum Gasteiger partial charge on any atom is 0.161 e. The van der Waals surface area contributed by atoms with E-state index < -0.39 is 0 Å². The van der Waals surface area contributed by atoms with Crippen LogP contribution in [0.5, 0.6) is 0 Å². The number of allylic oxidation sites excluding steroid dienone is 3. The van der Waals surface area contributed by atoms with Gasteiger partial charge in [-0.2, -0.15) is 0 Å². The second-order valence-corrected chi connectivity index (χ2v) is 8.75. The molecule has 2 aromatic rings. The molecule has 2 heterocycles. The highest BCUT2D eigenvalue weighted by Crippen LogP contribution is 2.26. The van der Waals surface area contributed by atoms with E-state index in [-0.39, 0.29) is 5.78 Å². The normalized spacial score (nSPS) is 16.3. The summed E-state index contributed by atoms with van der Waals surface area (Å²) in [6.07, 6.45) is 10.5. The molecule has 1 aliphatic heterocycles. The van der Waals surface area contributed by atoms with Crippen molar-refractivity contribution in [1.29, 1.82) is 0 Å². The molecule has 0 saturated carbocycles. The molecule has 4 nitrogen and oxygen atoms in total. The van der Waals surface area contributed by atoms with Crippen molar-refractivity contribution in [1.82, 2.24) is 9.47 Å². The van der Waals surface area contributed by atoms with Gasteiger partial charge in [-0.1, -0.05) is 34.7 Å². The fourth-order valence-electron chi connectivity index (χ4n) is 4.07. The fourth-order valence-corrected chi connectivity index (χ4v) is 4.42. The van der Waals surface area contributed by atoms with Gasteiger partial charge in [0.05, 0.1) is 5.76 Å². The lowest BCUT2D eigenvalue weighted by Crippen LogP contribution is -2.37. The lowest BCUT2D eigenvalue weighted by Gasteiger charge is -2.32. The van der Waals surface area contributed by atoms with E-state index in [1.54, 1.807) is 13.0 Å². The molecule has 0 atom stereocenters. The predicted molar refractivity (Wildman–Crippen MR) is 123 cm³/mol. The zero-order chi connectivity index (χ0) is 20.8. The SMILES string of the molecule is C=C/C=C(\C)OC1CCN(CCCCn2cc(C(C)=O)c3ccc(Br)cc32)CC1. The first-order chi connectivity index (χ1) is 14.0. The summed E-state index contributed by atoms with van der Waals surface area (Å²) < 4.78 is 9.24. The van der Waals surface area contributed by atoms with E-state index in [4.69, 9.17) is 4.74 Å². The third-order valence-electron chi connectivity index (χ3n) is 5.59. The number of halogens is 1. The Bertz CT molecular complexity index is 892. The summed E-state index contributed by atoms with van der Waals surface area (Å²) in [4.78, 5) is 14.5. The van der Waals surface area contributed by atoms with Gasteiger partial charge in [-0.25, -0.2) is 0 Å². The number of ketones is 1. The smallest absolute Gasteiger partial charge is 0.161 e. The molecular weight excluding hydrogens is 428 g/mol. The van der Waals surface area contributed by atoms with Crippen LogP contribution < -0.4 is 0 Å². The van der Waals surface area contributed by atoms with E-state index in [1.165, 1.54) is 0 Å². The number of nitrogens with zero attached hydrogens (tertiary/aromatic N) is 2. The minimum atomic E-state index is 0.124. The Morgan fingerprint density at radius 3 is 2.66 bits per heavy atom. The molecule has 1 saturated heterocycles. The van der Waals surface area contributed by atoms with Gasteiger partial charge in [-0.3, -0.25) is 4.79 Å². The molecule has 156 valence electrons. The number of aromatic nitrogens is 1. The van der Waals surface area contributed by atoms with E-state index >= 15 is 0 Å². The van der Waals surface area contributed by atoms with Crippen LogP contribution in [0.25, 0.3) is 10.9 Å². The van der Waals surface area contributed by atoms with Crippen LogP contribution in [-0.4, -0.2) is 41.0 Å². The number of carbonyl (C=O) groups excluding carboxylic acids is 1. The average Bonchev–Trinajstić information content (AvgIpc) is 3.05. The third kappa shape index (κ3) is 5.83. The van der Waals surface area contributed by atoms with Crippen molar-refractivity contribution in [2.24, 2.45) is 0 Å². The number of likely N-dealkylation sites (tertiary alicyclic amines) is 1. The minimum Gasteiger partial charge on any atom is -0.495 e. The molecule has 1 aromatic carbocycles. The van der Waals surface area contributed by atoms with E-state index in [2.05, 4.69) is 38.0 Å². The largest absolute Gasteiger partial charge is 0.495 e. The van der Waals surface area contributed by atoms with E-state index in [0.29, 0.717) is 6.10 Å². The van der Waals surface area contributed by atoms with Crippen LogP contribution in [0.1, 0.15) is 49.9 Å². The van der Waals surface area contributed by atoms with Gasteiger partial charge in [0.2, 0.25) is 0 Å². The van der Waals surface area contributed by atoms with Crippen molar-refractivity contribution < 1.29 is 9.53 Å². The first kappa shape index (κ1) is 21.8. The molecule has 29 heavy (non-hydrogen) atoms. The Morgan fingerprint density at radius 2 is 1.97 bits per heavy atom. The molecule has 0 aliphatic carbocycles. The second kappa shape index (κ2) is 10.3. The van der Waals surface area contributed by atoms with Crippen molar-refractivity contribution in [3.63, 3.8) is 0 Å². The summed E-state index contributed by atoms with van der Waals surface area (Å²) in [6, 6.07) is 6.14. The van der Waals surface area contributed by atoms with Crippen molar-refractivity contribution in [2.75, 3.05) is 19.6 Å². The first-order valence-electron chi connectivity index (χ1n) is 10.5. The van der Waals surface area contributed by atoms with Gasteiger partial charge < -0.3 is 14.2 Å². The molecule has 1 fully saturated rings. The summed E-state index contributed by atoms with van der Waals surface area (Å²) in [5.74, 6) is 1.08. The maximum atomic E-state index is 12.0. The third-order valence-corrected chi connectivity index (χ3v) is 6.08. The number of rotatable bonds is 9. The highest BCUT2D eigenvalue weighted by Gasteiger charge is 2.20. The molecule has 1 aliphatic rings. The number of Topliss-reactive ketones (excluding diaryl/α,β-unsaturated/α-hetero) is 1. The maximum absolute atomic E-state index is 12.0. The summed E-state index contributed by atoms with van der Waals surface area (Å²) in [6.45, 7) is 11.6. The van der Waals surface area contributed by atoms with Crippen LogP contribution in [0.4, 0.5) is 0 Å². The molecule has 3 rings (SSSR count). The zero-order valence-corrected chi connectivity index (χ0v) is 19.1. The number of fused-ring (bicyclic) bond motifs is 1. The predicted octanol–water partition coefficient (Wildman–Crippen LogP) is 5.96. The van der Waals surface area contributed by atoms with Crippen molar-refractivity contribution in [3.8, 4) is 0 Å². The number of hydrogen-bond donors (Lipinski definition) is 0. The van der Waals surface area contributed by atoms with Gasteiger partial charge >= 0.3 is 0 Å². The molecule has 5 heteroatoms. The van der Waals surface area contributed by atoms with Gasteiger partial charge in [0.25, 0.3) is 0 Å². The van der Waals surface area contributed by atoms with Crippen LogP contribution in [-0.2, 0) is 11.3 Å². The Morgan fingerprint density at radius 1 is 1.24 bits per heavy atom. The van der Waals surface area contributed by atoms with Crippen molar-refractivity contribution in [2.45, 2.75) is 52.2 Å². The molecule has 0 amide bonds. The van der Waals surface area contributed by atoms with Crippen LogP contribution in [0.2, 0.25) is 0 Å². The summed E-state index contributed by atoms with van der Waals surface area (Å²) in [7, 11) is 0. The van der Waals surface area contributed by atoms with E-state index in [1.807, 2.05) is 31.3 Å². The van der Waals surface area contributed by atoms with Crippen LogP contribution in [0.3, 0.4) is 0 Å². The Labute approximate surface area is 182 Å². The Kier molecular flexibility index (Phi) is 7.73. The number of hydrogen-bond acceptors (Lipinski definition) is 3. The molecule has 0 spiro atoms. The summed E-state index contributed by atoms with van der Waals surface area (Å²) in [5, 5.41) is 1.04. The minimum absolute atomic E-state index is 0.124. The zero-order valence-electron chi connectivity index (χ0n) is 17.5. The average molecular weight is 459 g/mol. The van der Waals surface area contributed by atoms with Gasteiger partial charge in [0.15, 0.2) is 5.78 Å². The standard InChI is InChI=1S/C24H31BrN2O2/c1-4-7-18(2)29-21-10-14-26(15-11-21)12-5-6-13-27-17-23(19(3)28)22-9-8-20(25)16-24(22)27/h4,7-9,16-17,21H,1,5-6,10-15H2,2-3H3/b18-7+. The number of carbonyl (C=O) groups is 1. The number of unbranched alkanes of at least 4 members (excludes halogenated alkanes) is 1. The highest BCUT2D eigenvalue weighted by atomic mass is 79.9. The molecular formula is C24H31BrN2O2. The molecule has 1 aromatic heterocycles. The molecule has 0 bridgehead atoms. The van der Waals surface area contributed by atoms with Crippen molar-refractivity contribution >= 4 is 32.6 Å². The van der Waals surface area contributed by atoms with Crippen LogP contribution in [0.15, 0.2) is 53.4 Å².